The number of carbonyl (C=O) groups excluding carboxylic acids is 1. The molecule has 1 saturated heterocycles. The fourth-order valence-electron chi connectivity index (χ4n) is 1.28. The fourth-order valence-corrected chi connectivity index (χ4v) is 2.15. The van der Waals surface area contributed by atoms with Gasteiger partial charge in [0, 0.05) is 18.1 Å². The molecule has 0 bridgehead atoms. The van der Waals surface area contributed by atoms with Gasteiger partial charge in [0.05, 0.1) is 6.61 Å². The van der Waals surface area contributed by atoms with Gasteiger partial charge in [0.15, 0.2) is 0 Å². The summed E-state index contributed by atoms with van der Waals surface area (Å²) in [6, 6.07) is -0.199. The second kappa shape index (κ2) is 7.12. The van der Waals surface area contributed by atoms with E-state index < -0.39 is 0 Å². The van der Waals surface area contributed by atoms with Gasteiger partial charge >= 0.3 is 5.97 Å². The summed E-state index contributed by atoms with van der Waals surface area (Å²) in [4.78, 5) is 11.4. The minimum absolute atomic E-state index is 0.131. The molecule has 1 heterocycles. The van der Waals surface area contributed by atoms with Crippen LogP contribution in [0.25, 0.3) is 0 Å². The highest BCUT2D eigenvalue weighted by molar-refractivity contribution is 7.99. The fraction of sp³-hybridized carbons (Fsp3) is 0.900. The van der Waals surface area contributed by atoms with E-state index in [1.807, 2.05) is 0 Å². The molecule has 0 aromatic heterocycles. The smallest absolute Gasteiger partial charge is 0.325 e. The van der Waals surface area contributed by atoms with Gasteiger partial charge in [0.25, 0.3) is 0 Å². The zero-order valence-corrected chi connectivity index (χ0v) is 9.52. The van der Waals surface area contributed by atoms with E-state index in [0.717, 1.165) is 37.3 Å². The van der Waals surface area contributed by atoms with Gasteiger partial charge in [-0.25, -0.2) is 5.32 Å². The molecule has 0 aliphatic carbocycles. The summed E-state index contributed by atoms with van der Waals surface area (Å²) in [5.41, 5.74) is 0. The predicted octanol–water partition coefficient (Wildman–Crippen LogP) is 1.44. The lowest BCUT2D eigenvalue weighted by molar-refractivity contribution is -0.145. The van der Waals surface area contributed by atoms with Crippen LogP contribution in [0, 0.1) is 0 Å². The first-order chi connectivity index (χ1) is 6.84. The molecule has 1 unspecified atom stereocenters. The quantitative estimate of drug-likeness (QED) is 0.516. The molecule has 1 aliphatic rings. The maximum absolute atomic E-state index is 11.4. The van der Waals surface area contributed by atoms with Gasteiger partial charge in [-0.1, -0.05) is 19.8 Å². The van der Waals surface area contributed by atoms with Crippen LogP contribution in [0.5, 0.6) is 0 Å². The van der Waals surface area contributed by atoms with Crippen molar-refractivity contribution in [3.05, 3.63) is 0 Å². The van der Waals surface area contributed by atoms with Gasteiger partial charge in [0.2, 0.25) is 0 Å². The Labute approximate surface area is 90.0 Å². The second-order valence-corrected chi connectivity index (χ2v) is 4.52. The normalized spacial score (nSPS) is 21.9. The molecule has 4 heteroatoms. The molecule has 0 aromatic rings. The van der Waals surface area contributed by atoms with E-state index in [9.17, 15) is 4.79 Å². The van der Waals surface area contributed by atoms with Crippen LogP contribution in [0.1, 0.15) is 26.2 Å². The molecule has 81 valence electrons. The van der Waals surface area contributed by atoms with E-state index in [4.69, 9.17) is 4.74 Å². The third-order valence-corrected chi connectivity index (χ3v) is 3.15. The third-order valence-electron chi connectivity index (χ3n) is 2.13. The summed E-state index contributed by atoms with van der Waals surface area (Å²) in [7, 11) is 0. The van der Waals surface area contributed by atoms with E-state index in [2.05, 4.69) is 12.2 Å². The number of ether oxygens (including phenoxy) is 1. The van der Waals surface area contributed by atoms with Crippen molar-refractivity contribution >= 4 is 17.7 Å². The molecule has 1 radical (unpaired) electrons. The lowest BCUT2D eigenvalue weighted by Gasteiger charge is -2.19. The summed E-state index contributed by atoms with van der Waals surface area (Å²) >= 11 is 1.78. The summed E-state index contributed by atoms with van der Waals surface area (Å²) in [5, 5.41) is 4.23. The summed E-state index contributed by atoms with van der Waals surface area (Å²) in [6.07, 6.45) is 3.26. The Morgan fingerprint density at radius 1 is 1.57 bits per heavy atom. The second-order valence-electron chi connectivity index (χ2n) is 3.37. The number of hydrogen-bond donors (Lipinski definition) is 0. The highest BCUT2D eigenvalue weighted by atomic mass is 32.2. The molecule has 0 aromatic carbocycles. The van der Waals surface area contributed by atoms with Crippen molar-refractivity contribution in [3.8, 4) is 0 Å². The van der Waals surface area contributed by atoms with Crippen molar-refractivity contribution in [1.29, 1.82) is 0 Å². The molecule has 0 saturated carbocycles. The van der Waals surface area contributed by atoms with E-state index in [-0.39, 0.29) is 12.0 Å². The van der Waals surface area contributed by atoms with Crippen LogP contribution in [0.4, 0.5) is 0 Å². The molecule has 14 heavy (non-hydrogen) atoms. The first-order valence-electron chi connectivity index (χ1n) is 5.25. The molecule has 1 atom stereocenters. The lowest BCUT2D eigenvalue weighted by Crippen LogP contribution is -2.39. The van der Waals surface area contributed by atoms with Crippen LogP contribution < -0.4 is 5.32 Å². The topological polar surface area (TPSA) is 40.4 Å². The van der Waals surface area contributed by atoms with Crippen LogP contribution in [-0.2, 0) is 9.53 Å². The highest BCUT2D eigenvalue weighted by Gasteiger charge is 2.23. The minimum atomic E-state index is -0.199. The Balaban J connectivity index is 2.07. The molecular formula is C10H18NO2S. The van der Waals surface area contributed by atoms with Gasteiger partial charge in [-0.05, 0) is 6.42 Å². The lowest BCUT2D eigenvalue weighted by atomic mass is 10.3. The third kappa shape index (κ3) is 4.33. The number of unbranched alkanes of at least 4 members (excludes halogenated alkanes) is 2. The van der Waals surface area contributed by atoms with Crippen LogP contribution in [0.2, 0.25) is 0 Å². The molecule has 0 amide bonds. The van der Waals surface area contributed by atoms with E-state index in [0.29, 0.717) is 6.61 Å². The minimum Gasteiger partial charge on any atom is -0.464 e. The Hall–Kier alpha value is -0.220. The average Bonchev–Trinajstić information content (AvgIpc) is 2.25. The number of nitrogens with zero attached hydrogens (tertiary/aromatic N) is 1. The monoisotopic (exact) mass is 216 g/mol. The maximum atomic E-state index is 11.4. The summed E-state index contributed by atoms with van der Waals surface area (Å²) in [6.45, 7) is 3.48. The molecule has 1 aliphatic heterocycles. The highest BCUT2D eigenvalue weighted by Crippen LogP contribution is 2.10. The Morgan fingerprint density at radius 3 is 3.07 bits per heavy atom. The Kier molecular flexibility index (Phi) is 6.03. The van der Waals surface area contributed by atoms with Crippen molar-refractivity contribution < 1.29 is 9.53 Å². The van der Waals surface area contributed by atoms with Crippen molar-refractivity contribution in [1.82, 2.24) is 5.32 Å². The maximum Gasteiger partial charge on any atom is 0.325 e. The van der Waals surface area contributed by atoms with Gasteiger partial charge in [0.1, 0.15) is 6.04 Å². The zero-order chi connectivity index (χ0) is 10.2. The summed E-state index contributed by atoms with van der Waals surface area (Å²) < 4.78 is 5.14. The van der Waals surface area contributed by atoms with Crippen molar-refractivity contribution in [2.75, 3.05) is 24.7 Å². The number of rotatable bonds is 5. The number of hydrogen-bond acceptors (Lipinski definition) is 3. The van der Waals surface area contributed by atoms with Crippen LogP contribution in [-0.4, -0.2) is 36.7 Å². The number of esters is 1. The predicted molar refractivity (Wildman–Crippen MR) is 58.6 cm³/mol. The Morgan fingerprint density at radius 2 is 2.43 bits per heavy atom. The van der Waals surface area contributed by atoms with Crippen LogP contribution in [0.15, 0.2) is 0 Å². The molecule has 3 nitrogen and oxygen atoms in total. The Bertz CT molecular complexity index is 170. The zero-order valence-electron chi connectivity index (χ0n) is 8.70. The molecule has 1 fully saturated rings. The van der Waals surface area contributed by atoms with Crippen molar-refractivity contribution in [3.63, 3.8) is 0 Å². The van der Waals surface area contributed by atoms with E-state index in [1.165, 1.54) is 0 Å². The SMILES string of the molecule is CCCCCOC(=O)C1CSCC[N]1. The molecule has 0 spiro atoms. The number of carbonyl (C=O) groups is 1. The molecular weight excluding hydrogens is 198 g/mol. The van der Waals surface area contributed by atoms with Crippen molar-refractivity contribution in [2.24, 2.45) is 0 Å². The van der Waals surface area contributed by atoms with Crippen LogP contribution in [0.3, 0.4) is 0 Å². The average molecular weight is 216 g/mol. The molecule has 0 N–H and O–H groups in total. The van der Waals surface area contributed by atoms with Gasteiger partial charge < -0.3 is 4.74 Å². The van der Waals surface area contributed by atoms with Crippen LogP contribution >= 0.6 is 11.8 Å². The first kappa shape index (κ1) is 11.9. The van der Waals surface area contributed by atoms with E-state index >= 15 is 0 Å². The van der Waals surface area contributed by atoms with Gasteiger partial charge in [-0.15, -0.1) is 0 Å². The largest absolute Gasteiger partial charge is 0.464 e. The van der Waals surface area contributed by atoms with Crippen molar-refractivity contribution in [2.45, 2.75) is 32.2 Å². The van der Waals surface area contributed by atoms with Gasteiger partial charge in [-0.3, -0.25) is 4.79 Å². The number of thioether (sulfide) groups is 1. The van der Waals surface area contributed by atoms with Gasteiger partial charge in [-0.2, -0.15) is 11.8 Å². The molecule has 1 rings (SSSR count). The summed E-state index contributed by atoms with van der Waals surface area (Å²) in [5.74, 6) is 1.71. The van der Waals surface area contributed by atoms with E-state index in [1.54, 1.807) is 11.8 Å². The first-order valence-corrected chi connectivity index (χ1v) is 6.41. The standard InChI is InChI=1S/C10H18NO2S/c1-2-3-4-6-13-10(12)9-8-14-7-5-11-9/h9H,2-8H2,1H3.